The molecule has 3 aromatic rings. The van der Waals surface area contributed by atoms with Gasteiger partial charge in [0.1, 0.15) is 5.56 Å². The molecule has 0 radical (unpaired) electrons. The number of amides is 1. The number of hydrogen-bond donors (Lipinski definition) is 0. The van der Waals surface area contributed by atoms with Crippen LogP contribution in [0.2, 0.25) is 0 Å². The molecule has 27 heavy (non-hydrogen) atoms. The highest BCUT2D eigenvalue weighted by Gasteiger charge is 2.23. The second-order valence-electron chi connectivity index (χ2n) is 6.40. The number of hydrogen-bond acceptors (Lipinski definition) is 5. The maximum atomic E-state index is 12.4. The molecule has 1 aliphatic rings. The van der Waals surface area contributed by atoms with Gasteiger partial charge in [-0.05, 0) is 42.5 Å². The predicted octanol–water partition coefficient (Wildman–Crippen LogP) is 2.98. The van der Waals surface area contributed by atoms with Crippen LogP contribution >= 0.6 is 11.3 Å². The van der Waals surface area contributed by atoms with Crippen molar-refractivity contribution in [2.24, 2.45) is 0 Å². The van der Waals surface area contributed by atoms with Gasteiger partial charge in [-0.2, -0.15) is 5.10 Å². The van der Waals surface area contributed by atoms with E-state index in [9.17, 15) is 9.59 Å². The summed E-state index contributed by atoms with van der Waals surface area (Å²) >= 11 is 1.72. The van der Waals surface area contributed by atoms with Crippen LogP contribution < -0.4 is 0 Å². The number of rotatable bonds is 4. The molecule has 2 aromatic heterocycles. The monoisotopic (exact) mass is 381 g/mol. The molecule has 0 saturated carbocycles. The summed E-state index contributed by atoms with van der Waals surface area (Å²) < 4.78 is 6.94. The third-order valence-corrected chi connectivity index (χ3v) is 5.74. The molecule has 7 heteroatoms. The maximum absolute atomic E-state index is 12.4. The quantitative estimate of drug-likeness (QED) is 0.652. The lowest BCUT2D eigenvalue weighted by Gasteiger charge is -2.26. The Morgan fingerprint density at radius 3 is 2.85 bits per heavy atom. The normalized spacial score (nSPS) is 13.3. The van der Waals surface area contributed by atoms with E-state index in [2.05, 4.69) is 5.10 Å². The molecule has 1 aliphatic heterocycles. The molecule has 0 spiro atoms. The summed E-state index contributed by atoms with van der Waals surface area (Å²) in [7, 11) is 0. The minimum absolute atomic E-state index is 0.173. The average molecular weight is 381 g/mol. The second-order valence-corrected chi connectivity index (χ2v) is 7.40. The van der Waals surface area contributed by atoms with E-state index in [1.807, 2.05) is 41.8 Å². The number of benzene rings is 1. The van der Waals surface area contributed by atoms with E-state index in [1.165, 1.54) is 16.6 Å². The number of esters is 1. The zero-order chi connectivity index (χ0) is 18.8. The Bertz CT molecular complexity index is 978. The molecule has 0 bridgehead atoms. The zero-order valence-electron chi connectivity index (χ0n) is 14.9. The van der Waals surface area contributed by atoms with Crippen molar-refractivity contribution in [2.75, 3.05) is 13.2 Å². The van der Waals surface area contributed by atoms with Crippen molar-refractivity contribution >= 4 is 23.2 Å². The van der Waals surface area contributed by atoms with Crippen molar-refractivity contribution in [2.45, 2.75) is 19.9 Å². The van der Waals surface area contributed by atoms with Crippen LogP contribution in [0.4, 0.5) is 0 Å². The van der Waals surface area contributed by atoms with Gasteiger partial charge in [0.2, 0.25) is 0 Å². The van der Waals surface area contributed by atoms with E-state index in [-0.39, 0.29) is 12.5 Å². The van der Waals surface area contributed by atoms with Gasteiger partial charge in [-0.3, -0.25) is 4.79 Å². The van der Waals surface area contributed by atoms with Crippen LogP contribution in [0.5, 0.6) is 0 Å². The Kier molecular flexibility index (Phi) is 4.77. The number of nitrogens with zero attached hydrogens (tertiary/aromatic N) is 3. The summed E-state index contributed by atoms with van der Waals surface area (Å²) in [6, 6.07) is 11.6. The van der Waals surface area contributed by atoms with Crippen molar-refractivity contribution in [1.29, 1.82) is 0 Å². The smallest absolute Gasteiger partial charge is 0.342 e. The topological polar surface area (TPSA) is 64.4 Å². The first-order valence-electron chi connectivity index (χ1n) is 8.73. The molecule has 0 N–H and O–H groups in total. The molecule has 1 aromatic carbocycles. The van der Waals surface area contributed by atoms with E-state index in [1.54, 1.807) is 27.8 Å². The fourth-order valence-electron chi connectivity index (χ4n) is 3.20. The number of carbonyl (C=O) groups excluding carboxylic acids is 2. The van der Waals surface area contributed by atoms with Gasteiger partial charge in [0.15, 0.2) is 6.61 Å². The van der Waals surface area contributed by atoms with Crippen molar-refractivity contribution in [1.82, 2.24) is 14.7 Å². The molecule has 0 unspecified atom stereocenters. The summed E-state index contributed by atoms with van der Waals surface area (Å²) in [5.74, 6) is -0.704. The minimum Gasteiger partial charge on any atom is -0.452 e. The van der Waals surface area contributed by atoms with Gasteiger partial charge >= 0.3 is 5.97 Å². The van der Waals surface area contributed by atoms with Crippen LogP contribution in [0.3, 0.4) is 0 Å². The molecule has 0 saturated heterocycles. The van der Waals surface area contributed by atoms with Gasteiger partial charge in [-0.25, -0.2) is 9.48 Å². The number of para-hydroxylation sites is 1. The highest BCUT2D eigenvalue weighted by Crippen LogP contribution is 2.24. The van der Waals surface area contributed by atoms with Gasteiger partial charge in [0, 0.05) is 18.0 Å². The number of ether oxygens (including phenoxy) is 1. The standard InChI is InChI=1S/C20H19N3O3S/c1-14-17(11-21-23(14)16-5-3-2-4-6-16)20(25)26-13-19(24)22-9-7-18-15(12-22)8-10-27-18/h2-6,8,10-11H,7,9,12-13H2,1H3. The SMILES string of the molecule is Cc1c(C(=O)OCC(=O)N2CCc3sccc3C2)cnn1-c1ccccc1. The van der Waals surface area contributed by atoms with Crippen molar-refractivity contribution in [3.63, 3.8) is 0 Å². The van der Waals surface area contributed by atoms with Gasteiger partial charge < -0.3 is 9.64 Å². The first-order chi connectivity index (χ1) is 13.1. The summed E-state index contributed by atoms with van der Waals surface area (Å²) in [5, 5.41) is 6.31. The molecule has 0 atom stereocenters. The predicted molar refractivity (Wildman–Crippen MR) is 102 cm³/mol. The van der Waals surface area contributed by atoms with Crippen LogP contribution in [-0.4, -0.2) is 39.7 Å². The largest absolute Gasteiger partial charge is 0.452 e. The highest BCUT2D eigenvalue weighted by molar-refractivity contribution is 7.10. The minimum atomic E-state index is -0.531. The van der Waals surface area contributed by atoms with E-state index in [0.717, 1.165) is 12.1 Å². The maximum Gasteiger partial charge on any atom is 0.342 e. The molecule has 6 nitrogen and oxygen atoms in total. The van der Waals surface area contributed by atoms with E-state index >= 15 is 0 Å². The number of carbonyl (C=O) groups is 2. The average Bonchev–Trinajstić information content (AvgIpc) is 3.32. The highest BCUT2D eigenvalue weighted by atomic mass is 32.1. The molecule has 1 amide bonds. The fourth-order valence-corrected chi connectivity index (χ4v) is 4.09. The summed E-state index contributed by atoms with van der Waals surface area (Å²) in [5.41, 5.74) is 3.10. The zero-order valence-corrected chi connectivity index (χ0v) is 15.7. The molecule has 0 fully saturated rings. The molecule has 138 valence electrons. The lowest BCUT2D eigenvalue weighted by atomic mass is 10.1. The fraction of sp³-hybridized carbons (Fsp3) is 0.250. The van der Waals surface area contributed by atoms with E-state index in [4.69, 9.17) is 4.74 Å². The number of thiophene rings is 1. The van der Waals surface area contributed by atoms with E-state index in [0.29, 0.717) is 24.3 Å². The van der Waals surface area contributed by atoms with Gasteiger partial charge in [-0.15, -0.1) is 11.3 Å². The third kappa shape index (κ3) is 3.50. The Balaban J connectivity index is 1.39. The van der Waals surface area contributed by atoms with Crippen molar-refractivity contribution in [3.05, 3.63) is 69.7 Å². The van der Waals surface area contributed by atoms with Crippen molar-refractivity contribution in [3.8, 4) is 5.69 Å². The molecular formula is C20H19N3O3S. The first kappa shape index (κ1) is 17.5. The van der Waals surface area contributed by atoms with Crippen LogP contribution in [0.15, 0.2) is 48.0 Å². The number of aromatic nitrogens is 2. The van der Waals surface area contributed by atoms with Gasteiger partial charge in [0.25, 0.3) is 5.91 Å². The summed E-state index contributed by atoms with van der Waals surface area (Å²) in [6.07, 6.45) is 2.34. The van der Waals surface area contributed by atoms with Crippen LogP contribution in [0.25, 0.3) is 5.69 Å². The number of fused-ring (bicyclic) bond motifs is 1. The lowest BCUT2D eigenvalue weighted by Crippen LogP contribution is -2.38. The van der Waals surface area contributed by atoms with Crippen molar-refractivity contribution < 1.29 is 14.3 Å². The first-order valence-corrected chi connectivity index (χ1v) is 9.61. The Morgan fingerprint density at radius 1 is 1.22 bits per heavy atom. The van der Waals surface area contributed by atoms with Gasteiger partial charge in [-0.1, -0.05) is 18.2 Å². The van der Waals surface area contributed by atoms with Crippen LogP contribution in [-0.2, 0) is 22.5 Å². The molecule has 4 rings (SSSR count). The third-order valence-electron chi connectivity index (χ3n) is 4.72. The summed E-state index contributed by atoms with van der Waals surface area (Å²) in [4.78, 5) is 27.9. The Labute approximate surface area is 161 Å². The van der Waals surface area contributed by atoms with E-state index < -0.39 is 5.97 Å². The van der Waals surface area contributed by atoms with Crippen LogP contribution in [0.1, 0.15) is 26.5 Å². The lowest BCUT2D eigenvalue weighted by molar-refractivity contribution is -0.135. The Hall–Kier alpha value is -2.93. The molecular weight excluding hydrogens is 362 g/mol. The van der Waals surface area contributed by atoms with Crippen LogP contribution in [0, 0.1) is 6.92 Å². The second kappa shape index (κ2) is 7.36. The molecule has 3 heterocycles. The van der Waals surface area contributed by atoms with Gasteiger partial charge in [0.05, 0.1) is 17.6 Å². The summed E-state index contributed by atoms with van der Waals surface area (Å²) in [6.45, 7) is 2.80. The molecule has 0 aliphatic carbocycles. The Morgan fingerprint density at radius 2 is 2.04 bits per heavy atom.